The summed E-state index contributed by atoms with van der Waals surface area (Å²) < 4.78 is 5.62. The van der Waals surface area contributed by atoms with Crippen molar-refractivity contribution < 1.29 is 19.4 Å². The van der Waals surface area contributed by atoms with Gasteiger partial charge in [-0.15, -0.1) is 0 Å². The Morgan fingerprint density at radius 1 is 0.902 bits per heavy atom. The van der Waals surface area contributed by atoms with Crippen LogP contribution in [0.2, 0.25) is 0 Å². The maximum Gasteiger partial charge on any atom is 0.318 e. The first-order valence-corrected chi connectivity index (χ1v) is 12.3. The number of amides is 1. The van der Waals surface area contributed by atoms with E-state index in [2.05, 4.69) is 21.1 Å². The summed E-state index contributed by atoms with van der Waals surface area (Å²) in [7, 11) is 0. The molecular weight excluding hydrogens is 528 g/mol. The lowest BCUT2D eigenvalue weighted by Gasteiger charge is -2.30. The summed E-state index contributed by atoms with van der Waals surface area (Å²) in [4.78, 5) is 33.8. The largest absolute Gasteiger partial charge is 0.450 e. The van der Waals surface area contributed by atoms with E-state index in [9.17, 15) is 25.0 Å². The molecule has 0 unspecified atom stereocenters. The molecule has 1 aliphatic heterocycles. The van der Waals surface area contributed by atoms with Gasteiger partial charge in [-0.3, -0.25) is 30.4 Å². The quantitative estimate of drug-likeness (QED) is 0.168. The van der Waals surface area contributed by atoms with Crippen LogP contribution in [0.25, 0.3) is 0 Å². The Kier molecular flexibility index (Phi) is 7.45. The van der Waals surface area contributed by atoms with Crippen LogP contribution >= 0.6 is 0 Å². The minimum atomic E-state index is -0.756. The zero-order valence-electron chi connectivity index (χ0n) is 21.3. The topological polar surface area (TPSA) is 161 Å². The Hall–Kier alpha value is -5.91. The summed E-state index contributed by atoms with van der Waals surface area (Å²) in [6.45, 7) is 0. The molecule has 12 heteroatoms. The number of hydrogen-bond donors (Lipinski definition) is 2. The molecule has 0 radical (unpaired) electrons. The van der Waals surface area contributed by atoms with Gasteiger partial charge < -0.3 is 4.74 Å². The molecule has 204 valence electrons. The third-order valence-electron chi connectivity index (χ3n) is 6.43. The smallest absolute Gasteiger partial charge is 0.318 e. The van der Waals surface area contributed by atoms with Gasteiger partial charge in [0.1, 0.15) is 17.0 Å². The molecule has 0 atom stereocenters. The number of carbonyl (C=O) groups is 1. The lowest BCUT2D eigenvalue weighted by molar-refractivity contribution is -0.394. The number of nitrogens with zero attached hydrogens (tertiary/aromatic N) is 4. The van der Waals surface area contributed by atoms with Gasteiger partial charge in [0.25, 0.3) is 11.6 Å². The third kappa shape index (κ3) is 5.76. The van der Waals surface area contributed by atoms with E-state index < -0.39 is 32.7 Å². The number of carbonyl (C=O) groups excluding carboxylic acids is 1. The monoisotopic (exact) mass is 550 g/mol. The van der Waals surface area contributed by atoms with Crippen LogP contribution in [0.15, 0.2) is 113 Å². The molecule has 0 saturated heterocycles. The summed E-state index contributed by atoms with van der Waals surface area (Å²) in [5.74, 6) is -0.399. The number of rotatable bonds is 9. The summed E-state index contributed by atoms with van der Waals surface area (Å²) in [5, 5.41) is 30.7. The first-order valence-electron chi connectivity index (χ1n) is 12.3. The molecule has 12 nitrogen and oxygen atoms in total. The molecule has 41 heavy (non-hydrogen) atoms. The maximum atomic E-state index is 12.9. The molecule has 1 amide bonds. The second-order valence-corrected chi connectivity index (χ2v) is 9.02. The van der Waals surface area contributed by atoms with E-state index in [-0.39, 0.29) is 17.2 Å². The summed E-state index contributed by atoms with van der Waals surface area (Å²) in [5.41, 5.74) is 6.72. The minimum Gasteiger partial charge on any atom is -0.450 e. The molecule has 1 aliphatic rings. The van der Waals surface area contributed by atoms with Gasteiger partial charge in [-0.2, -0.15) is 10.2 Å². The van der Waals surface area contributed by atoms with Gasteiger partial charge in [-0.25, -0.2) is 5.43 Å². The van der Waals surface area contributed by atoms with Crippen molar-refractivity contribution in [3.8, 4) is 11.5 Å². The number of hydrazone groups is 2. The average Bonchev–Trinajstić information content (AvgIpc) is 3.45. The number of hydrogen-bond acceptors (Lipinski definition) is 9. The lowest BCUT2D eigenvalue weighted by atomic mass is 9.80. The van der Waals surface area contributed by atoms with E-state index in [4.69, 9.17) is 4.74 Å². The Balaban J connectivity index is 1.27. The van der Waals surface area contributed by atoms with Crippen molar-refractivity contribution in [2.24, 2.45) is 10.2 Å². The highest BCUT2D eigenvalue weighted by atomic mass is 16.6. The van der Waals surface area contributed by atoms with Crippen molar-refractivity contribution >= 4 is 29.2 Å². The molecule has 1 heterocycles. The van der Waals surface area contributed by atoms with Crippen molar-refractivity contribution in [1.82, 2.24) is 10.9 Å². The number of nitro groups is 2. The first kappa shape index (κ1) is 26.7. The molecule has 0 saturated carbocycles. The van der Waals surface area contributed by atoms with Gasteiger partial charge in [-0.1, -0.05) is 72.8 Å². The first-order chi connectivity index (χ1) is 19.9. The van der Waals surface area contributed by atoms with E-state index in [0.717, 1.165) is 23.3 Å². The van der Waals surface area contributed by atoms with Crippen LogP contribution in [0.5, 0.6) is 11.5 Å². The Bertz CT molecular complexity index is 1630. The van der Waals surface area contributed by atoms with Crippen LogP contribution in [0.3, 0.4) is 0 Å². The average molecular weight is 551 g/mol. The number of non-ortho nitro benzene ring substituents is 1. The summed E-state index contributed by atoms with van der Waals surface area (Å²) in [6.07, 6.45) is 1.69. The number of nitrogens with one attached hydrogen (secondary N) is 2. The van der Waals surface area contributed by atoms with Crippen LogP contribution in [0.1, 0.15) is 23.1 Å². The van der Waals surface area contributed by atoms with Crippen LogP contribution in [-0.4, -0.2) is 27.7 Å². The number of ether oxygens (including phenoxy) is 1. The zero-order valence-corrected chi connectivity index (χ0v) is 21.3. The molecule has 5 rings (SSSR count). The predicted octanol–water partition coefficient (Wildman–Crippen LogP) is 5.04. The fourth-order valence-electron chi connectivity index (χ4n) is 4.43. The Labute approximate surface area is 233 Å². The molecule has 4 aromatic rings. The summed E-state index contributed by atoms with van der Waals surface area (Å²) >= 11 is 0. The Morgan fingerprint density at radius 3 is 2.22 bits per heavy atom. The standard InChI is InChI=1S/C29H22N6O6/c36-28(25-18-29(33-31-25,21-9-3-1-4-10-21)22-11-5-2-6-12-22)32-30-19-20-8-7-13-24(16-20)41-27-15-14-23(34(37)38)17-26(27)35(39)40/h1-17,19,33H,18H2,(H,32,36)/b30-19+. The number of benzene rings is 4. The van der Waals surface area contributed by atoms with Crippen LogP contribution < -0.4 is 15.6 Å². The van der Waals surface area contributed by atoms with Crippen LogP contribution in [0.4, 0.5) is 11.4 Å². The highest BCUT2D eigenvalue weighted by molar-refractivity contribution is 6.39. The zero-order chi connectivity index (χ0) is 28.8. The number of nitro benzene ring substituents is 2. The molecule has 0 fully saturated rings. The highest BCUT2D eigenvalue weighted by Crippen LogP contribution is 2.37. The molecule has 0 spiro atoms. The summed E-state index contributed by atoms with van der Waals surface area (Å²) in [6, 6.07) is 29.1. The molecule has 2 N–H and O–H groups in total. The second kappa shape index (κ2) is 11.5. The minimum absolute atomic E-state index is 0.157. The molecule has 0 aliphatic carbocycles. The van der Waals surface area contributed by atoms with E-state index >= 15 is 0 Å². The van der Waals surface area contributed by atoms with Crippen molar-refractivity contribution in [2.75, 3.05) is 0 Å². The Morgan fingerprint density at radius 2 is 1.59 bits per heavy atom. The maximum absolute atomic E-state index is 12.9. The second-order valence-electron chi connectivity index (χ2n) is 9.02. The van der Waals surface area contributed by atoms with Crippen LogP contribution in [-0.2, 0) is 10.3 Å². The van der Waals surface area contributed by atoms with Crippen LogP contribution in [0, 0.1) is 20.2 Å². The van der Waals surface area contributed by atoms with Crippen molar-refractivity contribution in [3.63, 3.8) is 0 Å². The predicted molar refractivity (Wildman–Crippen MR) is 151 cm³/mol. The van der Waals surface area contributed by atoms with Crippen molar-refractivity contribution in [3.05, 3.63) is 140 Å². The van der Waals surface area contributed by atoms with E-state index in [1.54, 1.807) is 24.3 Å². The van der Waals surface area contributed by atoms with Gasteiger partial charge in [0, 0.05) is 12.5 Å². The fraction of sp³-hybridized carbons (Fsp3) is 0.0690. The fourth-order valence-corrected chi connectivity index (χ4v) is 4.43. The van der Waals surface area contributed by atoms with Gasteiger partial charge >= 0.3 is 5.69 Å². The lowest BCUT2D eigenvalue weighted by Crippen LogP contribution is -2.38. The van der Waals surface area contributed by atoms with E-state index in [1.165, 1.54) is 12.3 Å². The van der Waals surface area contributed by atoms with E-state index in [1.807, 2.05) is 60.7 Å². The third-order valence-corrected chi connectivity index (χ3v) is 6.43. The SMILES string of the molecule is O=C(N/N=C/c1cccc(Oc2ccc([N+](=O)[O-])cc2[N+](=O)[O-])c1)C1=NNC(c2ccccc2)(c2ccccc2)C1. The van der Waals surface area contributed by atoms with Gasteiger partial charge in [0.05, 0.1) is 22.1 Å². The molecule has 4 aromatic carbocycles. The van der Waals surface area contributed by atoms with Gasteiger partial charge in [0.15, 0.2) is 0 Å². The van der Waals surface area contributed by atoms with E-state index in [0.29, 0.717) is 12.0 Å². The van der Waals surface area contributed by atoms with Gasteiger partial charge in [0.2, 0.25) is 5.75 Å². The molecule has 0 bridgehead atoms. The molecule has 0 aromatic heterocycles. The molecular formula is C29H22N6O6. The van der Waals surface area contributed by atoms with Gasteiger partial charge in [-0.05, 0) is 34.9 Å². The highest BCUT2D eigenvalue weighted by Gasteiger charge is 2.41. The normalized spacial score (nSPS) is 13.7. The van der Waals surface area contributed by atoms with Crippen molar-refractivity contribution in [2.45, 2.75) is 12.0 Å². The van der Waals surface area contributed by atoms with Crippen molar-refractivity contribution in [1.29, 1.82) is 0 Å².